The maximum absolute atomic E-state index is 12.9. The molecule has 0 unspecified atom stereocenters. The van der Waals surface area contributed by atoms with Crippen molar-refractivity contribution in [1.29, 1.82) is 0 Å². The van der Waals surface area contributed by atoms with Gasteiger partial charge in [0.1, 0.15) is 13.2 Å². The first-order valence-corrected chi connectivity index (χ1v) is 32.0. The van der Waals surface area contributed by atoms with E-state index in [4.69, 9.17) is 14.2 Å². The summed E-state index contributed by atoms with van der Waals surface area (Å²) in [7, 11) is 0. The molecule has 6 heteroatoms. The molecule has 0 heterocycles. The number of carbonyl (C=O) groups excluding carboxylic acids is 3. The van der Waals surface area contributed by atoms with Crippen LogP contribution in [0.15, 0.2) is 36.5 Å². The van der Waals surface area contributed by atoms with E-state index in [1.165, 1.54) is 238 Å². The highest BCUT2D eigenvalue weighted by Crippen LogP contribution is 2.17. The first-order valence-electron chi connectivity index (χ1n) is 32.0. The molecular weight excluding hydrogens is 889 g/mol. The average Bonchev–Trinajstić information content (AvgIpc) is 3.38. The van der Waals surface area contributed by atoms with Crippen molar-refractivity contribution in [3.63, 3.8) is 0 Å². The molecule has 0 aliphatic rings. The van der Waals surface area contributed by atoms with Crippen molar-refractivity contribution in [3.8, 4) is 0 Å². The van der Waals surface area contributed by atoms with E-state index in [-0.39, 0.29) is 31.1 Å². The van der Waals surface area contributed by atoms with Gasteiger partial charge in [0.25, 0.3) is 0 Å². The van der Waals surface area contributed by atoms with Crippen molar-refractivity contribution in [2.45, 2.75) is 354 Å². The van der Waals surface area contributed by atoms with E-state index in [2.05, 4.69) is 57.2 Å². The van der Waals surface area contributed by atoms with Gasteiger partial charge in [0.2, 0.25) is 0 Å². The van der Waals surface area contributed by atoms with Gasteiger partial charge in [-0.2, -0.15) is 0 Å². The number of carbonyl (C=O) groups is 3. The Morgan fingerprint density at radius 1 is 0.278 bits per heavy atom. The smallest absolute Gasteiger partial charge is 0.306 e. The van der Waals surface area contributed by atoms with Crippen LogP contribution in [0.2, 0.25) is 0 Å². The fraction of sp³-hybridized carbons (Fsp3) is 0.864. The lowest BCUT2D eigenvalue weighted by Crippen LogP contribution is -2.30. The molecule has 0 bridgehead atoms. The first-order chi connectivity index (χ1) is 35.5. The van der Waals surface area contributed by atoms with Crippen LogP contribution in [0.4, 0.5) is 0 Å². The van der Waals surface area contributed by atoms with Crippen LogP contribution in [0.1, 0.15) is 348 Å². The SMILES string of the molecule is CCCCC/C=C\C/C=C\CCCCCCCCCC(=O)OC[C@H](COC(=O)CCCCCCCCCCC/C=C\CCCCCCCC)OC(=O)CCCCCCCCCCCCCCCCCCCC. The van der Waals surface area contributed by atoms with Crippen molar-refractivity contribution in [3.05, 3.63) is 36.5 Å². The molecule has 0 fully saturated rings. The normalized spacial score (nSPS) is 12.2. The topological polar surface area (TPSA) is 78.9 Å². The number of rotatable bonds is 59. The van der Waals surface area contributed by atoms with Crippen molar-refractivity contribution in [1.82, 2.24) is 0 Å². The fourth-order valence-corrected chi connectivity index (χ4v) is 9.53. The van der Waals surface area contributed by atoms with Gasteiger partial charge in [0.15, 0.2) is 6.10 Å². The summed E-state index contributed by atoms with van der Waals surface area (Å²) in [5.41, 5.74) is 0. The van der Waals surface area contributed by atoms with E-state index in [0.717, 1.165) is 70.6 Å². The molecule has 72 heavy (non-hydrogen) atoms. The van der Waals surface area contributed by atoms with E-state index in [1.54, 1.807) is 0 Å². The molecule has 0 saturated heterocycles. The molecule has 0 amide bonds. The van der Waals surface area contributed by atoms with Crippen LogP contribution in [0.25, 0.3) is 0 Å². The van der Waals surface area contributed by atoms with Crippen LogP contribution >= 0.6 is 0 Å². The van der Waals surface area contributed by atoms with Crippen LogP contribution in [0.5, 0.6) is 0 Å². The monoisotopic (exact) mass is 1010 g/mol. The molecule has 422 valence electrons. The lowest BCUT2D eigenvalue weighted by atomic mass is 10.0. The molecule has 0 radical (unpaired) electrons. The lowest BCUT2D eigenvalue weighted by Gasteiger charge is -2.18. The Hall–Kier alpha value is -2.37. The van der Waals surface area contributed by atoms with Gasteiger partial charge in [0, 0.05) is 19.3 Å². The number of allylic oxidation sites excluding steroid dienone is 6. The Morgan fingerprint density at radius 3 is 0.806 bits per heavy atom. The van der Waals surface area contributed by atoms with Crippen LogP contribution in [-0.2, 0) is 28.6 Å². The summed E-state index contributed by atoms with van der Waals surface area (Å²) in [5.74, 6) is -0.857. The molecule has 0 aliphatic carbocycles. The third-order valence-electron chi connectivity index (χ3n) is 14.4. The highest BCUT2D eigenvalue weighted by molar-refractivity contribution is 5.71. The standard InChI is InChI=1S/C66H122O6/c1-4-7-10-13-16-19-22-25-28-31-33-36-38-41-44-47-50-53-56-59-65(68)71-62-63(61-70-64(67)58-55-52-49-46-43-40-37-34-30-27-24-21-18-15-12-9-6-3)72-66(69)60-57-54-51-48-45-42-39-35-32-29-26-23-20-17-14-11-8-5-2/h18,21,25,27-28,30,63H,4-17,19-20,22-24,26,29,31-62H2,1-3H3/b21-18-,28-25-,30-27-/t63-/m1/s1. The summed E-state index contributed by atoms with van der Waals surface area (Å²) in [5, 5.41) is 0. The van der Waals surface area contributed by atoms with Gasteiger partial charge < -0.3 is 14.2 Å². The van der Waals surface area contributed by atoms with Crippen molar-refractivity contribution in [2.24, 2.45) is 0 Å². The summed E-state index contributed by atoms with van der Waals surface area (Å²) in [6.45, 7) is 6.66. The van der Waals surface area contributed by atoms with Crippen molar-refractivity contribution < 1.29 is 28.6 Å². The molecule has 0 aromatic rings. The maximum Gasteiger partial charge on any atom is 0.306 e. The van der Waals surface area contributed by atoms with E-state index in [1.807, 2.05) is 0 Å². The molecule has 0 aromatic heterocycles. The highest BCUT2D eigenvalue weighted by atomic mass is 16.6. The number of hydrogen-bond acceptors (Lipinski definition) is 6. The number of esters is 3. The molecule has 0 N–H and O–H groups in total. The minimum atomic E-state index is -0.774. The zero-order valence-corrected chi connectivity index (χ0v) is 48.5. The summed E-state index contributed by atoms with van der Waals surface area (Å²) < 4.78 is 16.9. The number of unbranched alkanes of at least 4 members (excludes halogenated alkanes) is 42. The minimum Gasteiger partial charge on any atom is -0.462 e. The van der Waals surface area contributed by atoms with Gasteiger partial charge in [-0.15, -0.1) is 0 Å². The van der Waals surface area contributed by atoms with E-state index in [9.17, 15) is 14.4 Å². The van der Waals surface area contributed by atoms with E-state index in [0.29, 0.717) is 19.3 Å². The molecule has 0 spiro atoms. The van der Waals surface area contributed by atoms with Crippen LogP contribution < -0.4 is 0 Å². The predicted molar refractivity (Wildman–Crippen MR) is 312 cm³/mol. The van der Waals surface area contributed by atoms with Gasteiger partial charge in [-0.05, 0) is 77.0 Å². The second-order valence-electron chi connectivity index (χ2n) is 21.7. The molecule has 6 nitrogen and oxygen atoms in total. The Kier molecular flexibility index (Phi) is 59.2. The lowest BCUT2D eigenvalue weighted by molar-refractivity contribution is -0.167. The average molecular weight is 1010 g/mol. The second kappa shape index (κ2) is 61.2. The van der Waals surface area contributed by atoms with Gasteiger partial charge in [-0.1, -0.05) is 288 Å². The summed E-state index contributed by atoms with van der Waals surface area (Å²) in [4.78, 5) is 38.3. The molecule has 0 aliphatic heterocycles. The van der Waals surface area contributed by atoms with Crippen LogP contribution in [-0.4, -0.2) is 37.2 Å². The Balaban J connectivity index is 4.34. The molecule has 0 rings (SSSR count). The first kappa shape index (κ1) is 69.6. The maximum atomic E-state index is 12.9. The van der Waals surface area contributed by atoms with Gasteiger partial charge in [0.05, 0.1) is 0 Å². The quantitative estimate of drug-likeness (QED) is 0.0261. The number of ether oxygens (including phenoxy) is 3. The van der Waals surface area contributed by atoms with Crippen LogP contribution in [0, 0.1) is 0 Å². The summed E-state index contributed by atoms with van der Waals surface area (Å²) >= 11 is 0. The zero-order valence-electron chi connectivity index (χ0n) is 48.5. The molecular formula is C66H122O6. The van der Waals surface area contributed by atoms with Gasteiger partial charge in [-0.3, -0.25) is 14.4 Å². The fourth-order valence-electron chi connectivity index (χ4n) is 9.53. The van der Waals surface area contributed by atoms with Crippen LogP contribution in [0.3, 0.4) is 0 Å². The zero-order chi connectivity index (χ0) is 52.2. The number of hydrogen-bond donors (Lipinski definition) is 0. The van der Waals surface area contributed by atoms with E-state index >= 15 is 0 Å². The largest absolute Gasteiger partial charge is 0.462 e. The van der Waals surface area contributed by atoms with Crippen molar-refractivity contribution >= 4 is 17.9 Å². The Bertz CT molecular complexity index is 1210. The molecule has 0 saturated carbocycles. The molecule has 0 aromatic carbocycles. The minimum absolute atomic E-state index is 0.0716. The summed E-state index contributed by atoms with van der Waals surface area (Å²) in [6.07, 6.45) is 74.3. The third-order valence-corrected chi connectivity index (χ3v) is 14.4. The predicted octanol–water partition coefficient (Wildman–Crippen LogP) is 21.6. The highest BCUT2D eigenvalue weighted by Gasteiger charge is 2.19. The van der Waals surface area contributed by atoms with E-state index < -0.39 is 6.10 Å². The third kappa shape index (κ3) is 58.5. The summed E-state index contributed by atoms with van der Waals surface area (Å²) in [6, 6.07) is 0. The van der Waals surface area contributed by atoms with Crippen molar-refractivity contribution in [2.75, 3.05) is 13.2 Å². The second-order valence-corrected chi connectivity index (χ2v) is 21.7. The Labute approximate surface area is 448 Å². The van der Waals surface area contributed by atoms with Gasteiger partial charge in [-0.25, -0.2) is 0 Å². The van der Waals surface area contributed by atoms with Gasteiger partial charge >= 0.3 is 17.9 Å². The Morgan fingerprint density at radius 2 is 0.500 bits per heavy atom. The molecule has 1 atom stereocenters.